The van der Waals surface area contributed by atoms with E-state index in [1.807, 2.05) is 31.2 Å². The number of amides is 1. The Kier molecular flexibility index (Phi) is 4.01. The Bertz CT molecular complexity index is 512. The summed E-state index contributed by atoms with van der Waals surface area (Å²) in [5.74, 6) is 1.55. The maximum Gasteiger partial charge on any atom is 0.240 e. The lowest BCUT2D eigenvalue weighted by atomic mass is 9.90. The van der Waals surface area contributed by atoms with Crippen LogP contribution < -0.4 is 20.1 Å². The molecule has 0 aliphatic carbocycles. The van der Waals surface area contributed by atoms with Crippen LogP contribution in [0.25, 0.3) is 0 Å². The molecule has 21 heavy (non-hydrogen) atoms. The monoisotopic (exact) mass is 290 g/mol. The highest BCUT2D eigenvalue weighted by molar-refractivity contribution is 5.86. The van der Waals surface area contributed by atoms with E-state index in [4.69, 9.17) is 9.47 Å². The van der Waals surface area contributed by atoms with Crippen LogP contribution in [-0.4, -0.2) is 37.2 Å². The second-order valence-corrected chi connectivity index (χ2v) is 5.92. The minimum atomic E-state index is -0.453. The molecule has 1 fully saturated rings. The molecule has 114 valence electrons. The Balaban J connectivity index is 1.53. The number of carbonyl (C=O) groups is 1. The molecular formula is C16H22N2O3. The summed E-state index contributed by atoms with van der Waals surface area (Å²) in [4.78, 5) is 12.3. The van der Waals surface area contributed by atoms with E-state index in [0.29, 0.717) is 13.2 Å². The topological polar surface area (TPSA) is 59.6 Å². The van der Waals surface area contributed by atoms with Gasteiger partial charge in [-0.1, -0.05) is 12.1 Å². The van der Waals surface area contributed by atoms with Gasteiger partial charge < -0.3 is 20.1 Å². The second-order valence-electron chi connectivity index (χ2n) is 5.92. The van der Waals surface area contributed by atoms with Crippen LogP contribution >= 0.6 is 0 Å². The first-order valence-corrected chi connectivity index (χ1v) is 7.59. The second kappa shape index (κ2) is 5.93. The smallest absolute Gasteiger partial charge is 0.240 e. The van der Waals surface area contributed by atoms with Crippen molar-refractivity contribution in [3.05, 3.63) is 24.3 Å². The SMILES string of the molecule is CC1(C(=O)NCC2COc3ccccc3O2)CCCCN1. The van der Waals surface area contributed by atoms with Crippen molar-refractivity contribution in [1.82, 2.24) is 10.6 Å². The zero-order chi connectivity index (χ0) is 14.7. The Labute approximate surface area is 125 Å². The Hall–Kier alpha value is -1.75. The van der Waals surface area contributed by atoms with Crippen molar-refractivity contribution in [2.75, 3.05) is 19.7 Å². The number of rotatable bonds is 3. The van der Waals surface area contributed by atoms with Gasteiger partial charge >= 0.3 is 0 Å². The average Bonchev–Trinajstić information content (AvgIpc) is 2.53. The first-order valence-electron chi connectivity index (χ1n) is 7.59. The summed E-state index contributed by atoms with van der Waals surface area (Å²) in [6.45, 7) is 3.79. The number of nitrogens with one attached hydrogen (secondary N) is 2. The maximum absolute atomic E-state index is 12.3. The van der Waals surface area contributed by atoms with E-state index in [1.165, 1.54) is 0 Å². The number of para-hydroxylation sites is 2. The normalized spacial score (nSPS) is 28.0. The van der Waals surface area contributed by atoms with Gasteiger partial charge in [0.15, 0.2) is 11.5 Å². The number of hydrogen-bond acceptors (Lipinski definition) is 4. The van der Waals surface area contributed by atoms with Crippen LogP contribution in [0.3, 0.4) is 0 Å². The van der Waals surface area contributed by atoms with E-state index in [-0.39, 0.29) is 12.0 Å². The summed E-state index contributed by atoms with van der Waals surface area (Å²) in [7, 11) is 0. The largest absolute Gasteiger partial charge is 0.486 e. The molecule has 2 aliphatic rings. The van der Waals surface area contributed by atoms with Crippen molar-refractivity contribution in [3.63, 3.8) is 0 Å². The van der Waals surface area contributed by atoms with E-state index in [0.717, 1.165) is 37.3 Å². The van der Waals surface area contributed by atoms with Gasteiger partial charge in [0.1, 0.15) is 12.7 Å². The summed E-state index contributed by atoms with van der Waals surface area (Å²) >= 11 is 0. The molecular weight excluding hydrogens is 268 g/mol. The van der Waals surface area contributed by atoms with E-state index in [1.54, 1.807) is 0 Å². The molecule has 2 aliphatic heterocycles. The number of fused-ring (bicyclic) bond motifs is 1. The van der Waals surface area contributed by atoms with Crippen molar-refractivity contribution < 1.29 is 14.3 Å². The van der Waals surface area contributed by atoms with Gasteiger partial charge in [0.25, 0.3) is 0 Å². The molecule has 5 heteroatoms. The summed E-state index contributed by atoms with van der Waals surface area (Å²) < 4.78 is 11.5. The number of carbonyl (C=O) groups excluding carboxylic acids is 1. The summed E-state index contributed by atoms with van der Waals surface area (Å²) in [6.07, 6.45) is 2.96. The standard InChI is InChI=1S/C16H22N2O3/c1-16(8-4-5-9-18-16)15(19)17-10-12-11-20-13-6-2-3-7-14(13)21-12/h2-3,6-7,12,18H,4-5,8-11H2,1H3,(H,17,19). The predicted octanol–water partition coefficient (Wildman–Crippen LogP) is 1.47. The summed E-state index contributed by atoms with van der Waals surface area (Å²) in [6, 6.07) is 7.60. The first-order chi connectivity index (χ1) is 10.2. The van der Waals surface area contributed by atoms with Gasteiger partial charge in [0, 0.05) is 0 Å². The van der Waals surface area contributed by atoms with Crippen LogP contribution in [0.4, 0.5) is 0 Å². The molecule has 3 rings (SSSR count). The van der Waals surface area contributed by atoms with Crippen LogP contribution in [0.5, 0.6) is 11.5 Å². The molecule has 1 amide bonds. The number of ether oxygens (including phenoxy) is 2. The lowest BCUT2D eigenvalue weighted by molar-refractivity contribution is -0.128. The molecule has 0 spiro atoms. The molecule has 2 unspecified atom stereocenters. The van der Waals surface area contributed by atoms with Gasteiger partial charge in [-0.15, -0.1) is 0 Å². The zero-order valence-corrected chi connectivity index (χ0v) is 12.4. The molecule has 0 radical (unpaired) electrons. The molecule has 5 nitrogen and oxygen atoms in total. The fourth-order valence-electron chi connectivity index (χ4n) is 2.82. The van der Waals surface area contributed by atoms with Crippen molar-refractivity contribution >= 4 is 5.91 Å². The molecule has 0 bridgehead atoms. The maximum atomic E-state index is 12.3. The lowest BCUT2D eigenvalue weighted by Crippen LogP contribution is -2.58. The van der Waals surface area contributed by atoms with Gasteiger partial charge in [-0.25, -0.2) is 0 Å². The quantitative estimate of drug-likeness (QED) is 0.885. The summed E-state index contributed by atoms with van der Waals surface area (Å²) in [5.41, 5.74) is -0.453. The Morgan fingerprint density at radius 1 is 1.38 bits per heavy atom. The molecule has 2 N–H and O–H groups in total. The van der Waals surface area contributed by atoms with Crippen LogP contribution in [0.15, 0.2) is 24.3 Å². The minimum Gasteiger partial charge on any atom is -0.486 e. The zero-order valence-electron chi connectivity index (χ0n) is 12.4. The third-order valence-electron chi connectivity index (χ3n) is 4.18. The molecule has 1 aromatic rings. The molecule has 1 saturated heterocycles. The molecule has 2 atom stereocenters. The average molecular weight is 290 g/mol. The number of hydrogen-bond donors (Lipinski definition) is 2. The molecule has 0 saturated carbocycles. The predicted molar refractivity (Wildman–Crippen MR) is 79.6 cm³/mol. The molecule has 0 aromatic heterocycles. The Morgan fingerprint density at radius 2 is 2.19 bits per heavy atom. The van der Waals surface area contributed by atoms with Crippen molar-refractivity contribution in [3.8, 4) is 11.5 Å². The van der Waals surface area contributed by atoms with Gasteiger partial charge in [-0.2, -0.15) is 0 Å². The highest BCUT2D eigenvalue weighted by Crippen LogP contribution is 2.30. The van der Waals surface area contributed by atoms with E-state index < -0.39 is 5.54 Å². The number of benzene rings is 1. The van der Waals surface area contributed by atoms with Crippen LogP contribution in [0, 0.1) is 0 Å². The van der Waals surface area contributed by atoms with Gasteiger partial charge in [0.2, 0.25) is 5.91 Å². The highest BCUT2D eigenvalue weighted by Gasteiger charge is 2.34. The van der Waals surface area contributed by atoms with Crippen LogP contribution in [0.1, 0.15) is 26.2 Å². The first kappa shape index (κ1) is 14.2. The van der Waals surface area contributed by atoms with Crippen LogP contribution in [-0.2, 0) is 4.79 Å². The molecule has 1 aromatic carbocycles. The summed E-state index contributed by atoms with van der Waals surface area (Å²) in [5, 5.41) is 6.30. The van der Waals surface area contributed by atoms with E-state index >= 15 is 0 Å². The van der Waals surface area contributed by atoms with E-state index in [2.05, 4.69) is 10.6 Å². The molecule has 2 heterocycles. The van der Waals surface area contributed by atoms with Gasteiger partial charge in [-0.05, 0) is 44.9 Å². The fourth-order valence-corrected chi connectivity index (χ4v) is 2.82. The van der Waals surface area contributed by atoms with Crippen molar-refractivity contribution in [2.24, 2.45) is 0 Å². The van der Waals surface area contributed by atoms with Gasteiger partial charge in [-0.3, -0.25) is 4.79 Å². The minimum absolute atomic E-state index is 0.0460. The highest BCUT2D eigenvalue weighted by atomic mass is 16.6. The third-order valence-corrected chi connectivity index (χ3v) is 4.18. The van der Waals surface area contributed by atoms with E-state index in [9.17, 15) is 4.79 Å². The fraction of sp³-hybridized carbons (Fsp3) is 0.562. The van der Waals surface area contributed by atoms with Crippen molar-refractivity contribution in [2.45, 2.75) is 37.8 Å². The van der Waals surface area contributed by atoms with Gasteiger partial charge in [0.05, 0.1) is 12.1 Å². The Morgan fingerprint density at radius 3 is 2.95 bits per heavy atom. The van der Waals surface area contributed by atoms with Crippen LogP contribution in [0.2, 0.25) is 0 Å². The number of piperidine rings is 1. The lowest BCUT2D eigenvalue weighted by Gasteiger charge is -2.34. The third kappa shape index (κ3) is 3.13. The van der Waals surface area contributed by atoms with Crippen molar-refractivity contribution in [1.29, 1.82) is 0 Å².